The number of pyridine rings is 1. The molecule has 1 saturated heterocycles. The third-order valence-corrected chi connectivity index (χ3v) is 5.67. The second-order valence-electron chi connectivity index (χ2n) is 7.13. The van der Waals surface area contributed by atoms with Crippen molar-refractivity contribution >= 4 is 0 Å². The minimum Gasteiger partial charge on any atom is -0.348 e. The summed E-state index contributed by atoms with van der Waals surface area (Å²) in [6.45, 7) is 1.43. The van der Waals surface area contributed by atoms with Crippen LogP contribution in [0.1, 0.15) is 49.8 Å². The van der Waals surface area contributed by atoms with Crippen LogP contribution in [0.25, 0.3) is 0 Å². The van der Waals surface area contributed by atoms with Gasteiger partial charge in [0.15, 0.2) is 5.79 Å². The van der Waals surface area contributed by atoms with Crippen molar-refractivity contribution < 1.29 is 9.47 Å². The Morgan fingerprint density at radius 3 is 2.45 bits per heavy atom. The largest absolute Gasteiger partial charge is 0.348 e. The Morgan fingerprint density at radius 2 is 1.82 bits per heavy atom. The zero-order valence-corrected chi connectivity index (χ0v) is 12.7. The van der Waals surface area contributed by atoms with Crippen molar-refractivity contribution in [2.24, 2.45) is 11.1 Å². The first-order chi connectivity index (χ1) is 10.6. The van der Waals surface area contributed by atoms with E-state index in [1.54, 1.807) is 18.3 Å². The fourth-order valence-electron chi connectivity index (χ4n) is 4.65. The van der Waals surface area contributed by atoms with Crippen molar-refractivity contribution in [2.75, 3.05) is 13.2 Å². The molecule has 5 heteroatoms. The van der Waals surface area contributed by atoms with E-state index in [1.165, 1.54) is 0 Å². The number of rotatable bonds is 1. The molecule has 2 spiro atoms. The average molecular weight is 299 g/mol. The summed E-state index contributed by atoms with van der Waals surface area (Å²) in [4.78, 5) is 4.40. The summed E-state index contributed by atoms with van der Waals surface area (Å²) in [6, 6.07) is 5.81. The zero-order valence-electron chi connectivity index (χ0n) is 12.7. The number of ether oxygens (including phenoxy) is 2. The topological polar surface area (TPSA) is 81.2 Å². The number of hydrogen-bond donors (Lipinski definition) is 1. The smallest absolute Gasteiger partial charge is 0.168 e. The number of nitriles is 1. The summed E-state index contributed by atoms with van der Waals surface area (Å²) in [6.07, 6.45) is 7.61. The molecule has 2 N–H and O–H groups in total. The molecule has 5 nitrogen and oxygen atoms in total. The highest BCUT2D eigenvalue weighted by Crippen LogP contribution is 2.61. The monoisotopic (exact) mass is 299 g/mol. The van der Waals surface area contributed by atoms with E-state index in [-0.39, 0.29) is 11.2 Å². The Bertz CT molecular complexity index is 613. The number of nitrogens with zero attached hydrogens (tertiary/aromatic N) is 2. The van der Waals surface area contributed by atoms with Crippen LogP contribution in [0.15, 0.2) is 18.3 Å². The molecule has 0 amide bonds. The summed E-state index contributed by atoms with van der Waals surface area (Å²) in [5.41, 5.74) is 7.77. The Hall–Kier alpha value is -1.48. The Kier molecular flexibility index (Phi) is 3.06. The van der Waals surface area contributed by atoms with Crippen LogP contribution in [0.2, 0.25) is 0 Å². The van der Waals surface area contributed by atoms with Crippen LogP contribution >= 0.6 is 0 Å². The van der Waals surface area contributed by atoms with Gasteiger partial charge in [0.1, 0.15) is 6.07 Å². The van der Waals surface area contributed by atoms with E-state index in [0.717, 1.165) is 44.2 Å². The van der Waals surface area contributed by atoms with Gasteiger partial charge in [0.05, 0.1) is 30.0 Å². The fraction of sp³-hybridized carbons (Fsp3) is 0.647. The van der Waals surface area contributed by atoms with Crippen molar-refractivity contribution in [3.05, 3.63) is 29.6 Å². The average Bonchev–Trinajstić information content (AvgIpc) is 2.97. The molecular formula is C17H21N3O2. The lowest BCUT2D eigenvalue weighted by Crippen LogP contribution is -2.58. The minimum absolute atomic E-state index is 0.277. The van der Waals surface area contributed by atoms with Crippen LogP contribution in [0.4, 0.5) is 0 Å². The molecule has 116 valence electrons. The van der Waals surface area contributed by atoms with Gasteiger partial charge in [-0.1, -0.05) is 0 Å². The van der Waals surface area contributed by atoms with Crippen LogP contribution in [0.3, 0.4) is 0 Å². The summed E-state index contributed by atoms with van der Waals surface area (Å²) in [5.74, 6) is -0.319. The molecule has 0 radical (unpaired) electrons. The first-order valence-electron chi connectivity index (χ1n) is 8.01. The van der Waals surface area contributed by atoms with E-state index in [1.807, 2.05) is 0 Å². The van der Waals surface area contributed by atoms with E-state index < -0.39 is 5.54 Å². The molecule has 0 unspecified atom stereocenters. The maximum atomic E-state index is 9.26. The SMILES string of the molecule is N#Cc1cccnc1C1(N)CC2(CCC3(CC2)OCCO3)C1. The van der Waals surface area contributed by atoms with E-state index in [0.29, 0.717) is 18.8 Å². The van der Waals surface area contributed by atoms with E-state index in [4.69, 9.17) is 15.2 Å². The summed E-state index contributed by atoms with van der Waals surface area (Å²) in [5, 5.41) is 9.26. The first-order valence-corrected chi connectivity index (χ1v) is 8.01. The van der Waals surface area contributed by atoms with Crippen molar-refractivity contribution in [3.63, 3.8) is 0 Å². The summed E-state index contributed by atoms with van der Waals surface area (Å²) in [7, 11) is 0. The third kappa shape index (κ3) is 2.06. The van der Waals surface area contributed by atoms with Gasteiger partial charge in [-0.2, -0.15) is 5.26 Å². The molecule has 1 aliphatic heterocycles. The van der Waals surface area contributed by atoms with Gasteiger partial charge in [0, 0.05) is 19.0 Å². The zero-order chi connectivity index (χ0) is 15.3. The van der Waals surface area contributed by atoms with Crippen molar-refractivity contribution in [2.45, 2.75) is 49.9 Å². The molecule has 1 aromatic rings. The van der Waals surface area contributed by atoms with Gasteiger partial charge in [0.2, 0.25) is 0 Å². The fourth-order valence-corrected chi connectivity index (χ4v) is 4.65. The first kappa shape index (κ1) is 14.1. The minimum atomic E-state index is -0.450. The highest BCUT2D eigenvalue weighted by molar-refractivity contribution is 5.39. The second-order valence-corrected chi connectivity index (χ2v) is 7.13. The third-order valence-electron chi connectivity index (χ3n) is 5.67. The number of hydrogen-bond acceptors (Lipinski definition) is 5. The van der Waals surface area contributed by atoms with E-state index >= 15 is 0 Å². The number of nitrogens with two attached hydrogens (primary N) is 1. The summed E-state index contributed by atoms with van der Waals surface area (Å²) >= 11 is 0. The maximum Gasteiger partial charge on any atom is 0.168 e. The molecule has 2 heterocycles. The molecule has 0 aromatic carbocycles. The van der Waals surface area contributed by atoms with Gasteiger partial charge in [-0.05, 0) is 43.2 Å². The number of aromatic nitrogens is 1. The van der Waals surface area contributed by atoms with Crippen molar-refractivity contribution in [1.29, 1.82) is 5.26 Å². The van der Waals surface area contributed by atoms with Crippen LogP contribution in [-0.4, -0.2) is 24.0 Å². The second kappa shape index (κ2) is 4.76. The molecule has 3 fully saturated rings. The lowest BCUT2D eigenvalue weighted by Gasteiger charge is -2.58. The van der Waals surface area contributed by atoms with Crippen LogP contribution in [0.5, 0.6) is 0 Å². The lowest BCUT2D eigenvalue weighted by atomic mass is 9.50. The van der Waals surface area contributed by atoms with E-state index in [2.05, 4.69) is 11.1 Å². The van der Waals surface area contributed by atoms with Crippen molar-refractivity contribution in [3.8, 4) is 6.07 Å². The normalized spacial score (nSPS) is 27.5. The van der Waals surface area contributed by atoms with Gasteiger partial charge in [-0.15, -0.1) is 0 Å². The van der Waals surface area contributed by atoms with Crippen molar-refractivity contribution in [1.82, 2.24) is 4.98 Å². The molecule has 2 aliphatic carbocycles. The highest BCUT2D eigenvalue weighted by Gasteiger charge is 2.58. The van der Waals surface area contributed by atoms with Gasteiger partial charge >= 0.3 is 0 Å². The Morgan fingerprint density at radius 1 is 1.14 bits per heavy atom. The Labute approximate surface area is 130 Å². The molecule has 3 aliphatic rings. The van der Waals surface area contributed by atoms with Gasteiger partial charge in [0.25, 0.3) is 0 Å². The highest BCUT2D eigenvalue weighted by atomic mass is 16.7. The van der Waals surface area contributed by atoms with Crippen LogP contribution < -0.4 is 5.73 Å². The van der Waals surface area contributed by atoms with Crippen LogP contribution in [0, 0.1) is 16.7 Å². The Balaban J connectivity index is 1.48. The molecule has 1 aromatic heterocycles. The van der Waals surface area contributed by atoms with Crippen LogP contribution in [-0.2, 0) is 15.0 Å². The molecule has 0 bridgehead atoms. The quantitative estimate of drug-likeness (QED) is 0.859. The maximum absolute atomic E-state index is 9.26. The van der Waals surface area contributed by atoms with E-state index in [9.17, 15) is 5.26 Å². The van der Waals surface area contributed by atoms with Gasteiger partial charge in [-0.25, -0.2) is 0 Å². The molecule has 0 atom stereocenters. The summed E-state index contributed by atoms with van der Waals surface area (Å²) < 4.78 is 11.6. The molecule has 2 saturated carbocycles. The lowest BCUT2D eigenvalue weighted by molar-refractivity contribution is -0.205. The molecular weight excluding hydrogens is 278 g/mol. The van der Waals surface area contributed by atoms with Gasteiger partial charge in [-0.3, -0.25) is 4.98 Å². The molecule has 4 rings (SSSR count). The predicted octanol–water partition coefficient (Wildman–Crippen LogP) is 2.20. The predicted molar refractivity (Wildman–Crippen MR) is 79.6 cm³/mol. The standard InChI is InChI=1S/C17H21N3O2/c18-10-13-2-1-7-20-14(13)16(19)11-15(12-16)3-5-17(6-4-15)21-8-9-22-17/h1-2,7H,3-6,8-9,11-12,19H2. The van der Waals surface area contributed by atoms with Gasteiger partial charge < -0.3 is 15.2 Å². The molecule has 22 heavy (non-hydrogen) atoms.